The number of hydrogen-bond donors (Lipinski definition) is 2. The number of hydrogen-bond acceptors (Lipinski definition) is 4. The quantitative estimate of drug-likeness (QED) is 0.710. The van der Waals surface area contributed by atoms with Crippen molar-refractivity contribution in [3.05, 3.63) is 35.9 Å². The second kappa shape index (κ2) is 10.2. The Bertz CT molecular complexity index is 541. The van der Waals surface area contributed by atoms with Gasteiger partial charge >= 0.3 is 5.97 Å². The zero-order chi connectivity index (χ0) is 18.1. The van der Waals surface area contributed by atoms with E-state index in [-0.39, 0.29) is 17.9 Å². The number of carbonyl (C=O) groups excluding carboxylic acids is 2. The van der Waals surface area contributed by atoms with Crippen LogP contribution in [0.1, 0.15) is 50.6 Å². The number of ether oxygens (including phenoxy) is 1. The maximum atomic E-state index is 12.5. The number of piperidine rings is 1. The van der Waals surface area contributed by atoms with Crippen LogP contribution in [-0.2, 0) is 14.3 Å². The molecule has 2 rings (SSSR count). The van der Waals surface area contributed by atoms with Crippen LogP contribution in [0.3, 0.4) is 0 Å². The molecule has 0 aliphatic carbocycles. The summed E-state index contributed by atoms with van der Waals surface area (Å²) in [6, 6.07) is 9.64. The van der Waals surface area contributed by atoms with E-state index in [0.717, 1.165) is 18.7 Å². The molecule has 1 aliphatic rings. The van der Waals surface area contributed by atoms with E-state index in [1.165, 1.54) is 20.0 Å². The van der Waals surface area contributed by atoms with Gasteiger partial charge in [-0.2, -0.15) is 0 Å². The molecule has 1 saturated heterocycles. The highest BCUT2D eigenvalue weighted by molar-refractivity contribution is 5.77. The summed E-state index contributed by atoms with van der Waals surface area (Å²) in [4.78, 5) is 24.0. The van der Waals surface area contributed by atoms with Crippen LogP contribution in [0.25, 0.3) is 0 Å². The third-order valence-electron chi connectivity index (χ3n) is 5.05. The fraction of sp³-hybridized carbons (Fsp3) is 0.600. The predicted octanol–water partition coefficient (Wildman–Crippen LogP) is 2.82. The summed E-state index contributed by atoms with van der Waals surface area (Å²) in [6.07, 6.45) is 3.72. The molecule has 0 radical (unpaired) electrons. The van der Waals surface area contributed by atoms with E-state index >= 15 is 0 Å². The normalized spacial score (nSPS) is 19.7. The second-order valence-corrected chi connectivity index (χ2v) is 6.93. The number of nitrogens with one attached hydrogen (secondary N) is 2. The standard InChI is InChI=1S/C20H30N2O3/c1-15(17-9-6-12-21-14-17)13-19(23)22-18(10-11-20(24)25-2)16-7-4-3-5-8-16/h3-5,7-8,15,17-18,21H,6,9-14H2,1-2H3,(H,22,23). The van der Waals surface area contributed by atoms with Crippen molar-refractivity contribution in [2.45, 2.75) is 45.1 Å². The third-order valence-corrected chi connectivity index (χ3v) is 5.05. The molecule has 3 unspecified atom stereocenters. The average molecular weight is 346 g/mol. The molecule has 1 aliphatic heterocycles. The van der Waals surface area contributed by atoms with Gasteiger partial charge in [0.15, 0.2) is 0 Å². The molecule has 5 nitrogen and oxygen atoms in total. The van der Waals surface area contributed by atoms with Gasteiger partial charge in [0.25, 0.3) is 0 Å². The van der Waals surface area contributed by atoms with Crippen LogP contribution in [0.4, 0.5) is 0 Å². The van der Waals surface area contributed by atoms with Crippen molar-refractivity contribution in [3.8, 4) is 0 Å². The zero-order valence-electron chi connectivity index (χ0n) is 15.3. The minimum atomic E-state index is -0.253. The summed E-state index contributed by atoms with van der Waals surface area (Å²) in [6.45, 7) is 4.24. The van der Waals surface area contributed by atoms with Crippen molar-refractivity contribution in [2.24, 2.45) is 11.8 Å². The Labute approximate surface area is 150 Å². The van der Waals surface area contributed by atoms with Crippen LogP contribution >= 0.6 is 0 Å². The molecular weight excluding hydrogens is 316 g/mol. The lowest BCUT2D eigenvalue weighted by atomic mass is 9.85. The lowest BCUT2D eigenvalue weighted by Crippen LogP contribution is -2.36. The van der Waals surface area contributed by atoms with Crippen LogP contribution in [0.15, 0.2) is 30.3 Å². The van der Waals surface area contributed by atoms with Gasteiger partial charge in [-0.3, -0.25) is 9.59 Å². The molecule has 25 heavy (non-hydrogen) atoms. The number of carbonyl (C=O) groups is 2. The fourth-order valence-electron chi connectivity index (χ4n) is 3.45. The van der Waals surface area contributed by atoms with Gasteiger partial charge in [0, 0.05) is 12.8 Å². The fourth-order valence-corrected chi connectivity index (χ4v) is 3.45. The minimum Gasteiger partial charge on any atom is -0.469 e. The van der Waals surface area contributed by atoms with E-state index in [9.17, 15) is 9.59 Å². The van der Waals surface area contributed by atoms with Crippen molar-refractivity contribution in [2.75, 3.05) is 20.2 Å². The maximum Gasteiger partial charge on any atom is 0.305 e. The maximum absolute atomic E-state index is 12.5. The summed E-state index contributed by atoms with van der Waals surface area (Å²) in [5.74, 6) is 0.711. The van der Waals surface area contributed by atoms with Crippen LogP contribution in [-0.4, -0.2) is 32.1 Å². The molecule has 0 aromatic heterocycles. The van der Waals surface area contributed by atoms with E-state index < -0.39 is 0 Å². The summed E-state index contributed by atoms with van der Waals surface area (Å²) in [5, 5.41) is 6.53. The summed E-state index contributed by atoms with van der Waals surface area (Å²) >= 11 is 0. The lowest BCUT2D eigenvalue weighted by Gasteiger charge is -2.28. The summed E-state index contributed by atoms with van der Waals surface area (Å²) < 4.78 is 4.73. The van der Waals surface area contributed by atoms with Crippen molar-refractivity contribution in [1.82, 2.24) is 10.6 Å². The highest BCUT2D eigenvalue weighted by Gasteiger charge is 2.23. The molecule has 1 aromatic carbocycles. The smallest absolute Gasteiger partial charge is 0.305 e. The Morgan fingerprint density at radius 2 is 2.08 bits per heavy atom. The molecule has 0 spiro atoms. The van der Waals surface area contributed by atoms with Gasteiger partial charge in [0.2, 0.25) is 5.91 Å². The molecule has 1 fully saturated rings. The molecule has 138 valence electrons. The Hall–Kier alpha value is -1.88. The van der Waals surface area contributed by atoms with Crippen LogP contribution in [0, 0.1) is 11.8 Å². The van der Waals surface area contributed by atoms with E-state index in [1.807, 2.05) is 30.3 Å². The third kappa shape index (κ3) is 6.50. The first-order chi connectivity index (χ1) is 12.1. The second-order valence-electron chi connectivity index (χ2n) is 6.93. The van der Waals surface area contributed by atoms with Crippen molar-refractivity contribution >= 4 is 11.9 Å². The molecule has 5 heteroatoms. The van der Waals surface area contributed by atoms with Crippen LogP contribution in [0.2, 0.25) is 0 Å². The molecule has 0 bridgehead atoms. The molecule has 3 atom stereocenters. The van der Waals surface area contributed by atoms with Gasteiger partial charge in [-0.05, 0) is 49.8 Å². The van der Waals surface area contributed by atoms with E-state index in [2.05, 4.69) is 17.6 Å². The van der Waals surface area contributed by atoms with Gasteiger partial charge in [-0.25, -0.2) is 0 Å². The Morgan fingerprint density at radius 1 is 1.32 bits per heavy atom. The van der Waals surface area contributed by atoms with Gasteiger partial charge in [-0.1, -0.05) is 37.3 Å². The van der Waals surface area contributed by atoms with Crippen LogP contribution < -0.4 is 10.6 Å². The van der Waals surface area contributed by atoms with Gasteiger partial charge in [0.05, 0.1) is 13.2 Å². The molecule has 2 N–H and O–H groups in total. The topological polar surface area (TPSA) is 67.4 Å². The Morgan fingerprint density at radius 3 is 2.72 bits per heavy atom. The molecular formula is C20H30N2O3. The number of benzene rings is 1. The molecule has 1 heterocycles. The monoisotopic (exact) mass is 346 g/mol. The van der Waals surface area contributed by atoms with Gasteiger partial charge < -0.3 is 15.4 Å². The first kappa shape index (κ1) is 19.4. The lowest BCUT2D eigenvalue weighted by molar-refractivity contribution is -0.141. The first-order valence-corrected chi connectivity index (χ1v) is 9.22. The Balaban J connectivity index is 1.92. The van der Waals surface area contributed by atoms with Crippen molar-refractivity contribution in [3.63, 3.8) is 0 Å². The summed E-state index contributed by atoms with van der Waals surface area (Å²) in [7, 11) is 1.39. The van der Waals surface area contributed by atoms with Crippen molar-refractivity contribution in [1.29, 1.82) is 0 Å². The van der Waals surface area contributed by atoms with Crippen molar-refractivity contribution < 1.29 is 14.3 Å². The zero-order valence-corrected chi connectivity index (χ0v) is 15.3. The number of methoxy groups -OCH3 is 1. The largest absolute Gasteiger partial charge is 0.469 e. The molecule has 1 aromatic rings. The predicted molar refractivity (Wildman–Crippen MR) is 98.0 cm³/mol. The van der Waals surface area contributed by atoms with E-state index in [0.29, 0.717) is 31.1 Å². The number of rotatable bonds is 8. The number of amides is 1. The highest BCUT2D eigenvalue weighted by Crippen LogP contribution is 2.24. The van der Waals surface area contributed by atoms with Gasteiger partial charge in [-0.15, -0.1) is 0 Å². The molecule has 1 amide bonds. The van der Waals surface area contributed by atoms with Gasteiger partial charge in [0.1, 0.15) is 0 Å². The summed E-state index contributed by atoms with van der Waals surface area (Å²) in [5.41, 5.74) is 1.02. The van der Waals surface area contributed by atoms with E-state index in [1.54, 1.807) is 0 Å². The molecule has 0 saturated carbocycles. The van der Waals surface area contributed by atoms with E-state index in [4.69, 9.17) is 4.74 Å². The average Bonchev–Trinajstić information content (AvgIpc) is 2.66. The highest BCUT2D eigenvalue weighted by atomic mass is 16.5. The van der Waals surface area contributed by atoms with Crippen LogP contribution in [0.5, 0.6) is 0 Å². The number of esters is 1. The first-order valence-electron chi connectivity index (χ1n) is 9.22. The minimum absolute atomic E-state index is 0.0526. The SMILES string of the molecule is COC(=O)CCC(NC(=O)CC(C)C1CCCNC1)c1ccccc1. The Kier molecular flexibility index (Phi) is 7.92.